The summed E-state index contributed by atoms with van der Waals surface area (Å²) in [5.74, 6) is 0.686. The van der Waals surface area contributed by atoms with Crippen molar-refractivity contribution in [1.29, 1.82) is 0 Å². The number of hydrogen-bond acceptors (Lipinski definition) is 4. The van der Waals surface area contributed by atoms with Gasteiger partial charge in [0.25, 0.3) is 5.56 Å². The van der Waals surface area contributed by atoms with E-state index in [-0.39, 0.29) is 11.1 Å². The maximum absolute atomic E-state index is 11.7. The molecule has 0 atom stereocenters. The Kier molecular flexibility index (Phi) is 2.82. The minimum Gasteiger partial charge on any atom is -0.308 e. The van der Waals surface area contributed by atoms with Gasteiger partial charge < -0.3 is 10.3 Å². The molecule has 0 aromatic carbocycles. The third-order valence-electron chi connectivity index (χ3n) is 2.15. The zero-order valence-electron chi connectivity index (χ0n) is 9.63. The summed E-state index contributed by atoms with van der Waals surface area (Å²) < 4.78 is 0.694. The molecule has 0 saturated carbocycles. The van der Waals surface area contributed by atoms with Crippen molar-refractivity contribution in [3.63, 3.8) is 0 Å². The molecule has 0 bridgehead atoms. The van der Waals surface area contributed by atoms with Crippen LogP contribution in [-0.4, -0.2) is 15.5 Å². The highest BCUT2D eigenvalue weighted by Gasteiger charge is 2.10. The monoisotopic (exact) mass is 237 g/mol. The average molecular weight is 237 g/mol. The zero-order valence-corrected chi connectivity index (χ0v) is 10.4. The number of thiophene rings is 1. The van der Waals surface area contributed by atoms with E-state index in [2.05, 4.69) is 36.1 Å². The minimum absolute atomic E-state index is 0.0160. The Morgan fingerprint density at radius 1 is 1.50 bits per heavy atom. The van der Waals surface area contributed by atoms with Crippen LogP contribution in [0.5, 0.6) is 0 Å². The van der Waals surface area contributed by atoms with Gasteiger partial charge in [-0.1, -0.05) is 0 Å². The van der Waals surface area contributed by atoms with Crippen LogP contribution in [0.3, 0.4) is 0 Å². The Morgan fingerprint density at radius 2 is 2.25 bits per heavy atom. The lowest BCUT2D eigenvalue weighted by molar-refractivity contribution is 0.418. The summed E-state index contributed by atoms with van der Waals surface area (Å²) in [5.41, 5.74) is 0.743. The molecule has 0 spiro atoms. The molecule has 16 heavy (non-hydrogen) atoms. The van der Waals surface area contributed by atoms with Gasteiger partial charge in [0.05, 0.1) is 12.1 Å². The predicted molar refractivity (Wildman–Crippen MR) is 66.8 cm³/mol. The highest BCUT2D eigenvalue weighted by atomic mass is 32.1. The standard InChI is InChI=1S/C11H15N3OS/c1-11(2,3)12-6-8-13-7-4-5-16-9(7)10(15)14-8/h4-5,12H,6H2,1-3H3,(H,13,14,15). The Bertz CT molecular complexity index is 550. The van der Waals surface area contributed by atoms with Crippen molar-refractivity contribution in [3.8, 4) is 0 Å². The van der Waals surface area contributed by atoms with Gasteiger partial charge in [0.15, 0.2) is 0 Å². The van der Waals surface area contributed by atoms with Crippen LogP contribution in [0, 0.1) is 0 Å². The number of fused-ring (bicyclic) bond motifs is 1. The molecule has 2 rings (SSSR count). The van der Waals surface area contributed by atoms with Gasteiger partial charge in [0.2, 0.25) is 0 Å². The number of nitrogens with zero attached hydrogens (tertiary/aromatic N) is 1. The Balaban J connectivity index is 2.29. The minimum atomic E-state index is -0.0503. The van der Waals surface area contributed by atoms with E-state index >= 15 is 0 Å². The maximum atomic E-state index is 11.7. The molecule has 0 aliphatic heterocycles. The van der Waals surface area contributed by atoms with Gasteiger partial charge in [-0.05, 0) is 32.2 Å². The fourth-order valence-corrected chi connectivity index (χ4v) is 2.08. The summed E-state index contributed by atoms with van der Waals surface area (Å²) in [4.78, 5) is 18.9. The number of aromatic nitrogens is 2. The van der Waals surface area contributed by atoms with Gasteiger partial charge in [0.1, 0.15) is 10.5 Å². The van der Waals surface area contributed by atoms with Crippen LogP contribution in [0.25, 0.3) is 10.2 Å². The lowest BCUT2D eigenvalue weighted by Gasteiger charge is -2.19. The summed E-state index contributed by atoms with van der Waals surface area (Å²) in [7, 11) is 0. The summed E-state index contributed by atoms with van der Waals surface area (Å²) in [5, 5.41) is 5.18. The molecule has 0 aliphatic rings. The van der Waals surface area contributed by atoms with Crippen LogP contribution >= 0.6 is 11.3 Å². The van der Waals surface area contributed by atoms with Crippen LogP contribution in [0.4, 0.5) is 0 Å². The highest BCUT2D eigenvalue weighted by molar-refractivity contribution is 7.17. The lowest BCUT2D eigenvalue weighted by atomic mass is 10.1. The lowest BCUT2D eigenvalue weighted by Crippen LogP contribution is -2.36. The van der Waals surface area contributed by atoms with Crippen LogP contribution in [0.15, 0.2) is 16.2 Å². The SMILES string of the molecule is CC(C)(C)NCc1nc2ccsc2c(=O)[nH]1. The van der Waals surface area contributed by atoms with Crippen molar-refractivity contribution < 1.29 is 0 Å². The molecule has 0 amide bonds. The molecule has 2 N–H and O–H groups in total. The van der Waals surface area contributed by atoms with Crippen LogP contribution < -0.4 is 10.9 Å². The molecule has 0 unspecified atom stereocenters. The first kappa shape index (κ1) is 11.3. The van der Waals surface area contributed by atoms with E-state index in [1.165, 1.54) is 11.3 Å². The Morgan fingerprint density at radius 3 is 2.94 bits per heavy atom. The van der Waals surface area contributed by atoms with E-state index in [1.807, 2.05) is 11.4 Å². The second kappa shape index (κ2) is 3.99. The van der Waals surface area contributed by atoms with Gasteiger partial charge in [-0.15, -0.1) is 11.3 Å². The average Bonchev–Trinajstić information content (AvgIpc) is 2.62. The molecule has 0 radical (unpaired) electrons. The van der Waals surface area contributed by atoms with Gasteiger partial charge >= 0.3 is 0 Å². The van der Waals surface area contributed by atoms with Crippen LogP contribution in [0.2, 0.25) is 0 Å². The molecule has 86 valence electrons. The number of H-pyrrole nitrogens is 1. The van der Waals surface area contributed by atoms with E-state index < -0.39 is 0 Å². The molecule has 0 saturated heterocycles. The molecule has 2 aromatic rings. The zero-order chi connectivity index (χ0) is 11.8. The van der Waals surface area contributed by atoms with Gasteiger partial charge in [-0.3, -0.25) is 4.79 Å². The maximum Gasteiger partial charge on any atom is 0.268 e. The smallest absolute Gasteiger partial charge is 0.268 e. The Hall–Kier alpha value is -1.20. The van der Waals surface area contributed by atoms with E-state index in [0.29, 0.717) is 17.1 Å². The first-order valence-corrected chi connectivity index (χ1v) is 6.05. The predicted octanol–water partition coefficient (Wildman–Crippen LogP) is 1.87. The van der Waals surface area contributed by atoms with E-state index in [1.54, 1.807) is 0 Å². The van der Waals surface area contributed by atoms with Crippen LogP contribution in [0.1, 0.15) is 26.6 Å². The normalized spacial score (nSPS) is 12.2. The van der Waals surface area contributed by atoms with Crippen molar-refractivity contribution in [2.75, 3.05) is 0 Å². The van der Waals surface area contributed by atoms with Crippen molar-refractivity contribution in [2.45, 2.75) is 32.9 Å². The van der Waals surface area contributed by atoms with Crippen molar-refractivity contribution >= 4 is 21.6 Å². The quantitative estimate of drug-likeness (QED) is 0.838. The summed E-state index contributed by atoms with van der Waals surface area (Å²) >= 11 is 1.42. The van der Waals surface area contributed by atoms with Gasteiger partial charge in [0, 0.05) is 5.54 Å². The second-order valence-electron chi connectivity index (χ2n) is 4.75. The first-order chi connectivity index (χ1) is 7.46. The molecule has 2 aromatic heterocycles. The molecule has 4 nitrogen and oxygen atoms in total. The van der Waals surface area contributed by atoms with E-state index in [0.717, 1.165) is 5.52 Å². The third kappa shape index (κ3) is 2.48. The fourth-order valence-electron chi connectivity index (χ4n) is 1.35. The summed E-state index contributed by atoms with van der Waals surface area (Å²) in [6.45, 7) is 6.81. The molecular formula is C11H15N3OS. The number of aromatic amines is 1. The topological polar surface area (TPSA) is 57.8 Å². The third-order valence-corrected chi connectivity index (χ3v) is 3.05. The molecule has 5 heteroatoms. The largest absolute Gasteiger partial charge is 0.308 e. The summed E-state index contributed by atoms with van der Waals surface area (Å²) in [6.07, 6.45) is 0. The van der Waals surface area contributed by atoms with Crippen LogP contribution in [-0.2, 0) is 6.54 Å². The number of hydrogen-bond donors (Lipinski definition) is 2. The molecule has 0 fully saturated rings. The number of nitrogens with one attached hydrogen (secondary N) is 2. The number of rotatable bonds is 2. The van der Waals surface area contributed by atoms with Crippen molar-refractivity contribution in [1.82, 2.24) is 15.3 Å². The van der Waals surface area contributed by atoms with Gasteiger partial charge in [-0.25, -0.2) is 4.98 Å². The first-order valence-electron chi connectivity index (χ1n) is 5.17. The Labute approximate surface area is 97.7 Å². The van der Waals surface area contributed by atoms with Crippen molar-refractivity contribution in [2.24, 2.45) is 0 Å². The molecule has 2 heterocycles. The molecular weight excluding hydrogens is 222 g/mol. The fraction of sp³-hybridized carbons (Fsp3) is 0.455. The highest BCUT2D eigenvalue weighted by Crippen LogP contribution is 2.13. The van der Waals surface area contributed by atoms with Gasteiger partial charge in [-0.2, -0.15) is 0 Å². The van der Waals surface area contributed by atoms with Crippen molar-refractivity contribution in [3.05, 3.63) is 27.6 Å². The van der Waals surface area contributed by atoms with E-state index in [4.69, 9.17) is 0 Å². The second-order valence-corrected chi connectivity index (χ2v) is 5.67. The molecule has 0 aliphatic carbocycles. The van der Waals surface area contributed by atoms with E-state index in [9.17, 15) is 4.79 Å². The summed E-state index contributed by atoms with van der Waals surface area (Å²) in [6, 6.07) is 1.87.